The van der Waals surface area contributed by atoms with Crippen molar-refractivity contribution in [2.75, 3.05) is 23.3 Å². The highest BCUT2D eigenvalue weighted by molar-refractivity contribution is 7.89. The van der Waals surface area contributed by atoms with E-state index in [0.717, 1.165) is 6.07 Å². The number of nitrogens with one attached hydrogen (secondary N) is 1. The SMILES string of the molecule is Nc1c(F)cc(F)cc1NCCS(N)(=O)=O. The fourth-order valence-corrected chi connectivity index (χ4v) is 1.45. The summed E-state index contributed by atoms with van der Waals surface area (Å²) >= 11 is 0. The van der Waals surface area contributed by atoms with Crippen LogP contribution in [0.2, 0.25) is 0 Å². The summed E-state index contributed by atoms with van der Waals surface area (Å²) in [5, 5.41) is 7.24. The van der Waals surface area contributed by atoms with Gasteiger partial charge in [0.25, 0.3) is 0 Å². The first-order valence-corrected chi connectivity index (χ1v) is 6.00. The molecule has 0 aliphatic rings. The molecule has 1 aromatic carbocycles. The first kappa shape index (κ1) is 12.7. The van der Waals surface area contributed by atoms with Crippen LogP contribution in [0.15, 0.2) is 12.1 Å². The van der Waals surface area contributed by atoms with Crippen LogP contribution in [0.3, 0.4) is 0 Å². The normalized spacial score (nSPS) is 11.4. The van der Waals surface area contributed by atoms with Crippen molar-refractivity contribution >= 4 is 21.4 Å². The molecular formula is C8H11F2N3O2S. The number of hydrogen-bond acceptors (Lipinski definition) is 4. The highest BCUT2D eigenvalue weighted by atomic mass is 32.2. The second-order valence-corrected chi connectivity index (χ2v) is 4.88. The van der Waals surface area contributed by atoms with Crippen LogP contribution in [0.5, 0.6) is 0 Å². The standard InChI is InChI=1S/C8H11F2N3O2S/c9-5-3-6(10)8(11)7(4-5)13-1-2-16(12,14)15/h3-4,13H,1-2,11H2,(H2,12,14,15). The van der Waals surface area contributed by atoms with Crippen LogP contribution in [-0.4, -0.2) is 20.7 Å². The van der Waals surface area contributed by atoms with Crippen molar-refractivity contribution < 1.29 is 17.2 Å². The van der Waals surface area contributed by atoms with Gasteiger partial charge in [0, 0.05) is 12.6 Å². The van der Waals surface area contributed by atoms with Crippen LogP contribution in [0, 0.1) is 11.6 Å². The fourth-order valence-electron chi connectivity index (χ4n) is 1.06. The minimum absolute atomic E-state index is 0.00106. The third-order valence-electron chi connectivity index (χ3n) is 1.80. The molecule has 0 saturated carbocycles. The van der Waals surface area contributed by atoms with Crippen LogP contribution in [-0.2, 0) is 10.0 Å². The smallest absolute Gasteiger partial charge is 0.210 e. The number of nitrogen functional groups attached to an aromatic ring is 1. The average Bonchev–Trinajstić information content (AvgIpc) is 2.11. The second kappa shape index (κ2) is 4.62. The molecule has 0 aliphatic carbocycles. The number of halogens is 2. The number of anilines is 2. The van der Waals surface area contributed by atoms with Gasteiger partial charge in [-0.2, -0.15) is 0 Å². The van der Waals surface area contributed by atoms with E-state index in [-0.39, 0.29) is 23.7 Å². The largest absolute Gasteiger partial charge is 0.395 e. The molecule has 0 atom stereocenters. The van der Waals surface area contributed by atoms with E-state index in [0.29, 0.717) is 6.07 Å². The Morgan fingerprint density at radius 2 is 1.94 bits per heavy atom. The van der Waals surface area contributed by atoms with Gasteiger partial charge in [0.2, 0.25) is 10.0 Å². The van der Waals surface area contributed by atoms with E-state index in [1.54, 1.807) is 0 Å². The predicted molar refractivity (Wildman–Crippen MR) is 57.2 cm³/mol. The second-order valence-electron chi connectivity index (χ2n) is 3.14. The number of benzene rings is 1. The Hall–Kier alpha value is -1.41. The Morgan fingerprint density at radius 1 is 1.31 bits per heavy atom. The third-order valence-corrected chi connectivity index (χ3v) is 2.57. The van der Waals surface area contributed by atoms with Crippen molar-refractivity contribution in [1.29, 1.82) is 0 Å². The summed E-state index contributed by atoms with van der Waals surface area (Å²) in [5.74, 6) is -2.06. The van der Waals surface area contributed by atoms with Crippen LogP contribution < -0.4 is 16.2 Å². The maximum atomic E-state index is 13.0. The lowest BCUT2D eigenvalue weighted by atomic mass is 10.2. The lowest BCUT2D eigenvalue weighted by Gasteiger charge is -2.09. The number of primary sulfonamides is 1. The minimum Gasteiger partial charge on any atom is -0.395 e. The van der Waals surface area contributed by atoms with Crippen molar-refractivity contribution in [3.63, 3.8) is 0 Å². The van der Waals surface area contributed by atoms with Gasteiger partial charge in [-0.25, -0.2) is 22.3 Å². The topological polar surface area (TPSA) is 98.2 Å². The van der Waals surface area contributed by atoms with E-state index >= 15 is 0 Å². The summed E-state index contributed by atoms with van der Waals surface area (Å²) in [4.78, 5) is 0. The highest BCUT2D eigenvalue weighted by Gasteiger charge is 2.08. The van der Waals surface area contributed by atoms with Crippen molar-refractivity contribution in [1.82, 2.24) is 0 Å². The molecule has 0 spiro atoms. The van der Waals surface area contributed by atoms with Crippen molar-refractivity contribution in [3.05, 3.63) is 23.8 Å². The predicted octanol–water partition coefficient (Wildman–Crippen LogP) is 0.247. The van der Waals surface area contributed by atoms with Crippen LogP contribution >= 0.6 is 0 Å². The molecule has 90 valence electrons. The van der Waals surface area contributed by atoms with E-state index in [4.69, 9.17) is 10.9 Å². The van der Waals surface area contributed by atoms with Gasteiger partial charge in [-0.15, -0.1) is 0 Å². The molecule has 0 bridgehead atoms. The first-order chi connectivity index (χ1) is 7.29. The Balaban J connectivity index is 2.75. The van der Waals surface area contributed by atoms with Gasteiger partial charge in [-0.1, -0.05) is 0 Å². The summed E-state index contributed by atoms with van der Waals surface area (Å²) in [7, 11) is -3.62. The monoisotopic (exact) mass is 251 g/mol. The Bertz CT molecular complexity index is 490. The maximum absolute atomic E-state index is 13.0. The van der Waals surface area contributed by atoms with E-state index < -0.39 is 21.7 Å². The summed E-state index contributed by atoms with van der Waals surface area (Å²) in [6.45, 7) is -0.0775. The lowest BCUT2D eigenvalue weighted by Crippen LogP contribution is -2.22. The summed E-state index contributed by atoms with van der Waals surface area (Å²) in [6, 6.07) is 1.61. The zero-order valence-corrected chi connectivity index (χ0v) is 9.02. The van der Waals surface area contributed by atoms with Crippen LogP contribution in [0.25, 0.3) is 0 Å². The molecule has 1 aromatic rings. The lowest BCUT2D eigenvalue weighted by molar-refractivity contribution is 0.587. The van der Waals surface area contributed by atoms with E-state index in [2.05, 4.69) is 5.32 Å². The molecule has 0 heterocycles. The molecule has 0 radical (unpaired) electrons. The summed E-state index contributed by atoms with van der Waals surface area (Å²) < 4.78 is 46.9. The molecule has 0 aromatic heterocycles. The molecule has 0 unspecified atom stereocenters. The molecule has 16 heavy (non-hydrogen) atoms. The minimum atomic E-state index is -3.62. The first-order valence-electron chi connectivity index (χ1n) is 4.28. The molecule has 8 heteroatoms. The average molecular weight is 251 g/mol. The maximum Gasteiger partial charge on any atom is 0.210 e. The summed E-state index contributed by atoms with van der Waals surface area (Å²) in [5.41, 5.74) is 5.05. The van der Waals surface area contributed by atoms with Crippen molar-refractivity contribution in [3.8, 4) is 0 Å². The fraction of sp³-hybridized carbons (Fsp3) is 0.250. The molecule has 1 rings (SSSR count). The molecule has 5 nitrogen and oxygen atoms in total. The van der Waals surface area contributed by atoms with E-state index in [9.17, 15) is 17.2 Å². The van der Waals surface area contributed by atoms with Crippen molar-refractivity contribution in [2.45, 2.75) is 0 Å². The molecule has 0 saturated heterocycles. The highest BCUT2D eigenvalue weighted by Crippen LogP contribution is 2.22. The Labute approximate surface area is 91.5 Å². The van der Waals surface area contributed by atoms with Crippen LogP contribution in [0.1, 0.15) is 0 Å². The van der Waals surface area contributed by atoms with E-state index in [1.807, 2.05) is 0 Å². The van der Waals surface area contributed by atoms with Gasteiger partial charge in [0.15, 0.2) is 5.82 Å². The van der Waals surface area contributed by atoms with Gasteiger partial charge in [-0.3, -0.25) is 0 Å². The van der Waals surface area contributed by atoms with Crippen molar-refractivity contribution in [2.24, 2.45) is 5.14 Å². The molecule has 5 N–H and O–H groups in total. The Morgan fingerprint density at radius 3 is 2.50 bits per heavy atom. The van der Waals surface area contributed by atoms with Gasteiger partial charge in [-0.05, 0) is 6.07 Å². The molecular weight excluding hydrogens is 240 g/mol. The molecule has 0 aliphatic heterocycles. The van der Waals surface area contributed by atoms with Gasteiger partial charge in [0.1, 0.15) is 5.82 Å². The third kappa shape index (κ3) is 3.63. The zero-order valence-electron chi connectivity index (χ0n) is 8.20. The van der Waals surface area contributed by atoms with Crippen LogP contribution in [0.4, 0.5) is 20.2 Å². The van der Waals surface area contributed by atoms with Gasteiger partial charge >= 0.3 is 0 Å². The van der Waals surface area contributed by atoms with Gasteiger partial charge < -0.3 is 11.1 Å². The molecule has 0 fully saturated rings. The Kier molecular flexibility index (Phi) is 3.66. The number of hydrogen-bond donors (Lipinski definition) is 3. The zero-order chi connectivity index (χ0) is 12.3. The quantitative estimate of drug-likeness (QED) is 0.668. The molecule has 0 amide bonds. The number of sulfonamides is 1. The summed E-state index contributed by atoms with van der Waals surface area (Å²) in [6.07, 6.45) is 0. The van der Waals surface area contributed by atoms with Gasteiger partial charge in [0.05, 0.1) is 17.1 Å². The number of nitrogens with two attached hydrogens (primary N) is 2. The van der Waals surface area contributed by atoms with E-state index in [1.165, 1.54) is 0 Å². The number of rotatable bonds is 4.